The number of carbonyl (C=O) groups is 2. The van der Waals surface area contributed by atoms with Crippen molar-refractivity contribution in [2.24, 2.45) is 0 Å². The molecule has 0 saturated heterocycles. The summed E-state index contributed by atoms with van der Waals surface area (Å²) < 4.78 is 10.5. The number of anilines is 1. The van der Waals surface area contributed by atoms with Crippen LogP contribution in [0.3, 0.4) is 0 Å². The minimum Gasteiger partial charge on any atom is -0.493 e. The van der Waals surface area contributed by atoms with Crippen LogP contribution in [0.5, 0.6) is 11.5 Å². The summed E-state index contributed by atoms with van der Waals surface area (Å²) in [7, 11) is 3.11. The molecule has 27 heavy (non-hydrogen) atoms. The lowest BCUT2D eigenvalue weighted by atomic mass is 10.1. The second-order valence-electron chi connectivity index (χ2n) is 6.23. The van der Waals surface area contributed by atoms with Gasteiger partial charge in [-0.25, -0.2) is 0 Å². The number of nitrogens with one attached hydrogen (secondary N) is 2. The molecule has 2 amide bonds. The van der Waals surface area contributed by atoms with E-state index in [0.717, 1.165) is 23.1 Å². The molecule has 1 atom stereocenters. The normalized spacial score (nSPS) is 11.4. The van der Waals surface area contributed by atoms with Gasteiger partial charge in [-0.1, -0.05) is 31.2 Å². The summed E-state index contributed by atoms with van der Waals surface area (Å²) in [6.45, 7) is 5.71. The molecule has 0 spiro atoms. The summed E-state index contributed by atoms with van der Waals surface area (Å²) in [6, 6.07) is 10.8. The maximum absolute atomic E-state index is 12.4. The second kappa shape index (κ2) is 9.07. The molecular formula is C21H26N2O4. The highest BCUT2D eigenvalue weighted by Gasteiger charge is 2.19. The molecule has 144 valence electrons. The molecule has 2 aromatic rings. The van der Waals surface area contributed by atoms with Gasteiger partial charge in [-0.15, -0.1) is 0 Å². The van der Waals surface area contributed by atoms with Crippen molar-refractivity contribution in [2.75, 3.05) is 19.5 Å². The molecule has 1 unspecified atom stereocenters. The Bertz CT molecular complexity index is 833. The number of hydrogen-bond acceptors (Lipinski definition) is 4. The van der Waals surface area contributed by atoms with Crippen molar-refractivity contribution in [1.29, 1.82) is 0 Å². The Morgan fingerprint density at radius 2 is 1.74 bits per heavy atom. The minimum atomic E-state index is -0.692. The van der Waals surface area contributed by atoms with Crippen molar-refractivity contribution >= 4 is 17.5 Å². The highest BCUT2D eigenvalue weighted by Crippen LogP contribution is 2.29. The van der Waals surface area contributed by atoms with Gasteiger partial charge in [-0.3, -0.25) is 9.59 Å². The van der Waals surface area contributed by atoms with Gasteiger partial charge in [0.25, 0.3) is 0 Å². The maximum atomic E-state index is 12.4. The van der Waals surface area contributed by atoms with Crippen molar-refractivity contribution in [3.8, 4) is 11.5 Å². The van der Waals surface area contributed by atoms with Crippen LogP contribution in [0.4, 0.5) is 5.69 Å². The molecule has 0 aliphatic heterocycles. The lowest BCUT2D eigenvalue weighted by Gasteiger charge is -2.17. The molecule has 0 saturated carbocycles. The first-order chi connectivity index (χ1) is 12.9. The Hall–Kier alpha value is -3.02. The Kier molecular flexibility index (Phi) is 6.82. The zero-order chi connectivity index (χ0) is 20.0. The zero-order valence-corrected chi connectivity index (χ0v) is 16.4. The van der Waals surface area contributed by atoms with Gasteiger partial charge >= 0.3 is 11.8 Å². The number of carbonyl (C=O) groups excluding carboxylic acids is 2. The van der Waals surface area contributed by atoms with Crippen molar-refractivity contribution in [3.05, 3.63) is 53.1 Å². The van der Waals surface area contributed by atoms with E-state index < -0.39 is 11.8 Å². The van der Waals surface area contributed by atoms with Crippen molar-refractivity contribution in [1.82, 2.24) is 5.32 Å². The Morgan fingerprint density at radius 3 is 2.37 bits per heavy atom. The van der Waals surface area contributed by atoms with Gasteiger partial charge in [-0.2, -0.15) is 0 Å². The quantitative estimate of drug-likeness (QED) is 0.764. The second-order valence-corrected chi connectivity index (χ2v) is 6.23. The van der Waals surface area contributed by atoms with Crippen LogP contribution < -0.4 is 20.1 Å². The highest BCUT2D eigenvalue weighted by molar-refractivity contribution is 6.39. The van der Waals surface area contributed by atoms with E-state index in [1.165, 1.54) is 0 Å². The molecule has 6 heteroatoms. The number of hydrogen-bond donors (Lipinski definition) is 2. The van der Waals surface area contributed by atoms with Gasteiger partial charge in [-0.05, 0) is 49.1 Å². The van der Waals surface area contributed by atoms with Gasteiger partial charge in [0.15, 0.2) is 11.5 Å². The van der Waals surface area contributed by atoms with Gasteiger partial charge in [0.2, 0.25) is 0 Å². The van der Waals surface area contributed by atoms with Crippen molar-refractivity contribution < 1.29 is 19.1 Å². The summed E-state index contributed by atoms with van der Waals surface area (Å²) in [4.78, 5) is 24.7. The number of ether oxygens (including phenoxy) is 2. The van der Waals surface area contributed by atoms with E-state index in [1.54, 1.807) is 33.3 Å². The molecule has 0 fully saturated rings. The predicted octanol–water partition coefficient (Wildman–Crippen LogP) is 3.39. The molecule has 2 N–H and O–H groups in total. The summed E-state index contributed by atoms with van der Waals surface area (Å²) >= 11 is 0. The standard InChI is InChI=1S/C21H26N2O4/c1-6-15-9-7-8-13(2)19(15)23-21(25)20(24)22-14(3)16-10-11-17(26-4)18(12-16)27-5/h7-12,14H,6H2,1-5H3,(H,22,24)(H,23,25). The lowest BCUT2D eigenvalue weighted by Crippen LogP contribution is -2.37. The van der Waals surface area contributed by atoms with E-state index in [4.69, 9.17) is 9.47 Å². The number of rotatable bonds is 6. The lowest BCUT2D eigenvalue weighted by molar-refractivity contribution is -0.136. The number of benzene rings is 2. The molecule has 0 aliphatic carbocycles. The van der Waals surface area contributed by atoms with Gasteiger partial charge in [0.1, 0.15) is 0 Å². The van der Waals surface area contributed by atoms with Crippen LogP contribution in [0.15, 0.2) is 36.4 Å². The molecule has 0 bridgehead atoms. The predicted molar refractivity (Wildman–Crippen MR) is 105 cm³/mol. The number of aryl methyl sites for hydroxylation is 2. The maximum Gasteiger partial charge on any atom is 0.313 e. The number of para-hydroxylation sites is 1. The van der Waals surface area contributed by atoms with E-state index >= 15 is 0 Å². The van der Waals surface area contributed by atoms with Crippen LogP contribution in [0.25, 0.3) is 0 Å². The summed E-state index contributed by atoms with van der Waals surface area (Å²) in [5.74, 6) is -0.217. The van der Waals surface area contributed by atoms with Crippen LogP contribution in [-0.2, 0) is 16.0 Å². The third-order valence-electron chi connectivity index (χ3n) is 4.44. The molecule has 0 aromatic heterocycles. The highest BCUT2D eigenvalue weighted by atomic mass is 16.5. The fourth-order valence-electron chi connectivity index (χ4n) is 2.84. The Labute approximate surface area is 159 Å². The van der Waals surface area contributed by atoms with E-state index in [1.807, 2.05) is 38.1 Å². The molecule has 2 aromatic carbocycles. The zero-order valence-electron chi connectivity index (χ0n) is 16.4. The van der Waals surface area contributed by atoms with Crippen LogP contribution in [0, 0.1) is 6.92 Å². The van der Waals surface area contributed by atoms with Crippen LogP contribution >= 0.6 is 0 Å². The SMILES string of the molecule is CCc1cccc(C)c1NC(=O)C(=O)NC(C)c1ccc(OC)c(OC)c1. The number of methoxy groups -OCH3 is 2. The smallest absolute Gasteiger partial charge is 0.313 e. The molecule has 0 radical (unpaired) electrons. The topological polar surface area (TPSA) is 76.7 Å². The summed E-state index contributed by atoms with van der Waals surface area (Å²) in [5, 5.41) is 5.45. The molecule has 2 rings (SSSR count). The van der Waals surface area contributed by atoms with Crippen LogP contribution in [0.1, 0.15) is 36.6 Å². The van der Waals surface area contributed by atoms with E-state index in [2.05, 4.69) is 10.6 Å². The van der Waals surface area contributed by atoms with Crippen molar-refractivity contribution in [2.45, 2.75) is 33.2 Å². The third-order valence-corrected chi connectivity index (χ3v) is 4.44. The van der Waals surface area contributed by atoms with Gasteiger partial charge in [0, 0.05) is 5.69 Å². The van der Waals surface area contributed by atoms with Crippen molar-refractivity contribution in [3.63, 3.8) is 0 Å². The summed E-state index contributed by atoms with van der Waals surface area (Å²) in [6.07, 6.45) is 0.765. The minimum absolute atomic E-state index is 0.370. The van der Waals surface area contributed by atoms with Crippen LogP contribution in [0.2, 0.25) is 0 Å². The number of amides is 2. The summed E-state index contributed by atoms with van der Waals surface area (Å²) in [5.41, 5.74) is 3.41. The Balaban J connectivity index is 2.09. The van der Waals surface area contributed by atoms with Gasteiger partial charge in [0.05, 0.1) is 20.3 Å². The average Bonchev–Trinajstić information content (AvgIpc) is 2.68. The molecule has 0 aliphatic rings. The molecule has 0 heterocycles. The van der Waals surface area contributed by atoms with E-state index in [9.17, 15) is 9.59 Å². The molecular weight excluding hydrogens is 344 g/mol. The fourth-order valence-corrected chi connectivity index (χ4v) is 2.84. The monoisotopic (exact) mass is 370 g/mol. The first-order valence-corrected chi connectivity index (χ1v) is 8.83. The Morgan fingerprint density at radius 1 is 1.04 bits per heavy atom. The van der Waals surface area contributed by atoms with Gasteiger partial charge < -0.3 is 20.1 Å². The third kappa shape index (κ3) is 4.78. The van der Waals surface area contributed by atoms with E-state index in [-0.39, 0.29) is 6.04 Å². The first-order valence-electron chi connectivity index (χ1n) is 8.83. The average molecular weight is 370 g/mol. The van der Waals surface area contributed by atoms with Crippen LogP contribution in [-0.4, -0.2) is 26.0 Å². The molecule has 6 nitrogen and oxygen atoms in total. The van der Waals surface area contributed by atoms with E-state index in [0.29, 0.717) is 17.2 Å². The first kappa shape index (κ1) is 20.3. The fraction of sp³-hybridized carbons (Fsp3) is 0.333. The largest absolute Gasteiger partial charge is 0.493 e.